The summed E-state index contributed by atoms with van der Waals surface area (Å²) in [4.78, 5) is 10.3. The van der Waals surface area contributed by atoms with Gasteiger partial charge in [0.05, 0.1) is 0 Å². The first-order valence-electron chi connectivity index (χ1n) is 5.05. The molecule has 0 bridgehead atoms. The molecule has 76 valence electrons. The first-order chi connectivity index (χ1) is 6.08. The third-order valence-electron chi connectivity index (χ3n) is 2.69. The van der Waals surface area contributed by atoms with Crippen molar-refractivity contribution in [2.45, 2.75) is 51.6 Å². The summed E-state index contributed by atoms with van der Waals surface area (Å²) in [7, 11) is 0. The van der Waals surface area contributed by atoms with Crippen LogP contribution in [-0.4, -0.2) is 23.2 Å². The van der Waals surface area contributed by atoms with E-state index in [4.69, 9.17) is 5.11 Å². The highest BCUT2D eigenvalue weighted by Gasteiger charge is 2.25. The van der Waals surface area contributed by atoms with Crippen LogP contribution in [0.3, 0.4) is 0 Å². The van der Waals surface area contributed by atoms with Gasteiger partial charge in [0.15, 0.2) is 0 Å². The lowest BCUT2D eigenvalue weighted by Gasteiger charge is -2.35. The fourth-order valence-corrected chi connectivity index (χ4v) is 1.86. The number of rotatable bonds is 5. The predicted octanol–water partition coefficient (Wildman–Crippen LogP) is 1.63. The van der Waals surface area contributed by atoms with Gasteiger partial charge in [0.2, 0.25) is 0 Å². The van der Waals surface area contributed by atoms with Crippen LogP contribution in [0.4, 0.5) is 0 Å². The minimum absolute atomic E-state index is 0.274. The van der Waals surface area contributed by atoms with Crippen LogP contribution in [0.25, 0.3) is 0 Å². The van der Waals surface area contributed by atoms with E-state index in [9.17, 15) is 4.79 Å². The van der Waals surface area contributed by atoms with Crippen LogP contribution in [0.5, 0.6) is 0 Å². The molecule has 3 nitrogen and oxygen atoms in total. The number of carbonyl (C=O) groups is 1. The summed E-state index contributed by atoms with van der Waals surface area (Å²) >= 11 is 0. The largest absolute Gasteiger partial charge is 0.481 e. The number of nitrogens with one attached hydrogen (secondary N) is 1. The van der Waals surface area contributed by atoms with Crippen molar-refractivity contribution in [3.8, 4) is 0 Å². The fraction of sp³-hybridized carbons (Fsp3) is 0.900. The summed E-state index contributed by atoms with van der Waals surface area (Å²) in [6, 6.07) is 0.979. The summed E-state index contributed by atoms with van der Waals surface area (Å²) < 4.78 is 0. The monoisotopic (exact) mass is 185 g/mol. The van der Waals surface area contributed by atoms with Crippen molar-refractivity contribution in [2.75, 3.05) is 0 Å². The van der Waals surface area contributed by atoms with Crippen molar-refractivity contribution in [3.63, 3.8) is 0 Å². The molecule has 1 aliphatic rings. The molecule has 1 rings (SSSR count). The normalized spacial score (nSPS) is 29.4. The standard InChI is InChI=1S/C10H19NO2/c1-7-5-9(6-7)11-8(2)3-4-10(12)13/h7-9,11H,3-6H2,1-2H3,(H,12,13). The quantitative estimate of drug-likeness (QED) is 0.684. The van der Waals surface area contributed by atoms with Crippen molar-refractivity contribution >= 4 is 5.97 Å². The molecule has 0 aromatic heterocycles. The van der Waals surface area contributed by atoms with Gasteiger partial charge < -0.3 is 10.4 Å². The van der Waals surface area contributed by atoms with Crippen LogP contribution in [-0.2, 0) is 4.79 Å². The van der Waals surface area contributed by atoms with Gasteiger partial charge in [0, 0.05) is 18.5 Å². The fourth-order valence-electron chi connectivity index (χ4n) is 1.86. The molecule has 0 aromatic carbocycles. The Hall–Kier alpha value is -0.570. The molecule has 1 aliphatic carbocycles. The third-order valence-corrected chi connectivity index (χ3v) is 2.69. The number of carboxylic acids is 1. The van der Waals surface area contributed by atoms with Gasteiger partial charge in [0.25, 0.3) is 0 Å². The van der Waals surface area contributed by atoms with Gasteiger partial charge in [-0.3, -0.25) is 4.79 Å². The van der Waals surface area contributed by atoms with E-state index in [-0.39, 0.29) is 6.42 Å². The highest BCUT2D eigenvalue weighted by molar-refractivity contribution is 5.66. The van der Waals surface area contributed by atoms with Crippen LogP contribution in [0.15, 0.2) is 0 Å². The molecule has 1 fully saturated rings. The Morgan fingerprint density at radius 1 is 1.62 bits per heavy atom. The zero-order valence-electron chi connectivity index (χ0n) is 8.42. The first-order valence-corrected chi connectivity index (χ1v) is 5.05. The van der Waals surface area contributed by atoms with E-state index >= 15 is 0 Å². The Morgan fingerprint density at radius 3 is 2.69 bits per heavy atom. The van der Waals surface area contributed by atoms with Crippen LogP contribution >= 0.6 is 0 Å². The maximum Gasteiger partial charge on any atom is 0.303 e. The molecule has 0 amide bonds. The van der Waals surface area contributed by atoms with E-state index in [1.807, 2.05) is 0 Å². The molecule has 1 saturated carbocycles. The maximum atomic E-state index is 10.3. The summed E-state index contributed by atoms with van der Waals surface area (Å²) in [5.74, 6) is 0.153. The average Bonchev–Trinajstić information content (AvgIpc) is 1.98. The van der Waals surface area contributed by atoms with Crippen LogP contribution in [0, 0.1) is 5.92 Å². The Kier molecular flexibility index (Phi) is 3.72. The van der Waals surface area contributed by atoms with Gasteiger partial charge in [-0.15, -0.1) is 0 Å². The number of aliphatic carboxylic acids is 1. The molecule has 0 saturated heterocycles. The number of hydrogen-bond acceptors (Lipinski definition) is 2. The van der Waals surface area contributed by atoms with Gasteiger partial charge in [-0.1, -0.05) is 6.92 Å². The van der Waals surface area contributed by atoms with E-state index in [2.05, 4.69) is 19.2 Å². The van der Waals surface area contributed by atoms with Crippen molar-refractivity contribution in [1.29, 1.82) is 0 Å². The Labute approximate surface area is 79.5 Å². The van der Waals surface area contributed by atoms with Crippen LogP contribution in [0.1, 0.15) is 39.5 Å². The SMILES string of the molecule is CC1CC(NC(C)CCC(=O)O)C1. The summed E-state index contributed by atoms with van der Waals surface area (Å²) in [5.41, 5.74) is 0. The van der Waals surface area contributed by atoms with Gasteiger partial charge in [-0.05, 0) is 32.1 Å². The Balaban J connectivity index is 2.04. The Morgan fingerprint density at radius 2 is 2.23 bits per heavy atom. The number of carboxylic acid groups (broad SMARTS) is 1. The minimum Gasteiger partial charge on any atom is -0.481 e. The highest BCUT2D eigenvalue weighted by Crippen LogP contribution is 2.26. The van der Waals surface area contributed by atoms with Gasteiger partial charge in [0.1, 0.15) is 0 Å². The van der Waals surface area contributed by atoms with Crippen molar-refractivity contribution < 1.29 is 9.90 Å². The molecule has 0 aliphatic heterocycles. The van der Waals surface area contributed by atoms with E-state index in [0.29, 0.717) is 12.1 Å². The molecule has 1 atom stereocenters. The molecule has 1 unspecified atom stereocenters. The predicted molar refractivity (Wildman–Crippen MR) is 51.7 cm³/mol. The first kappa shape index (κ1) is 10.5. The van der Waals surface area contributed by atoms with Crippen molar-refractivity contribution in [1.82, 2.24) is 5.32 Å². The second-order valence-corrected chi connectivity index (χ2v) is 4.27. The Bertz CT molecular complexity index is 176. The zero-order valence-corrected chi connectivity index (χ0v) is 8.42. The minimum atomic E-state index is -0.698. The average molecular weight is 185 g/mol. The summed E-state index contributed by atoms with van der Waals surface area (Å²) in [5, 5.41) is 11.9. The molecule has 0 heterocycles. The van der Waals surface area contributed by atoms with Crippen molar-refractivity contribution in [3.05, 3.63) is 0 Å². The summed E-state index contributed by atoms with van der Waals surface area (Å²) in [6.07, 6.45) is 3.51. The molecule has 2 N–H and O–H groups in total. The lowest BCUT2D eigenvalue weighted by Crippen LogP contribution is -2.44. The van der Waals surface area contributed by atoms with Crippen molar-refractivity contribution in [2.24, 2.45) is 5.92 Å². The number of hydrogen-bond donors (Lipinski definition) is 2. The van der Waals surface area contributed by atoms with Crippen LogP contribution in [0.2, 0.25) is 0 Å². The van der Waals surface area contributed by atoms with E-state index < -0.39 is 5.97 Å². The molecular weight excluding hydrogens is 166 g/mol. The van der Waals surface area contributed by atoms with Crippen LogP contribution < -0.4 is 5.32 Å². The van der Waals surface area contributed by atoms with Gasteiger partial charge in [-0.25, -0.2) is 0 Å². The third kappa shape index (κ3) is 3.77. The topological polar surface area (TPSA) is 49.3 Å². The molecular formula is C10H19NO2. The van der Waals surface area contributed by atoms with Gasteiger partial charge in [-0.2, -0.15) is 0 Å². The highest BCUT2D eigenvalue weighted by atomic mass is 16.4. The smallest absolute Gasteiger partial charge is 0.303 e. The second kappa shape index (κ2) is 4.61. The molecule has 3 heteroatoms. The van der Waals surface area contributed by atoms with Gasteiger partial charge >= 0.3 is 5.97 Å². The second-order valence-electron chi connectivity index (χ2n) is 4.27. The lowest BCUT2D eigenvalue weighted by atomic mass is 9.81. The zero-order chi connectivity index (χ0) is 9.84. The van der Waals surface area contributed by atoms with E-state index in [1.165, 1.54) is 12.8 Å². The van der Waals surface area contributed by atoms with E-state index in [1.54, 1.807) is 0 Å². The lowest BCUT2D eigenvalue weighted by molar-refractivity contribution is -0.137. The van der Waals surface area contributed by atoms with E-state index in [0.717, 1.165) is 12.3 Å². The summed E-state index contributed by atoms with van der Waals surface area (Å²) in [6.45, 7) is 4.31. The maximum absolute atomic E-state index is 10.3. The molecule has 0 aromatic rings. The molecule has 0 radical (unpaired) electrons. The molecule has 0 spiro atoms. The molecule has 13 heavy (non-hydrogen) atoms.